The summed E-state index contributed by atoms with van der Waals surface area (Å²) in [6, 6.07) is 6.12. The Morgan fingerprint density at radius 3 is 2.55 bits per heavy atom. The number of amides is 1. The Hall–Kier alpha value is -2.03. The molecule has 0 bridgehead atoms. The molecule has 3 heteroatoms. The molecule has 20 heavy (non-hydrogen) atoms. The minimum Gasteiger partial charge on any atom is -0.347 e. The van der Waals surface area contributed by atoms with Gasteiger partial charge in [0.05, 0.1) is 5.56 Å². The molecule has 0 radical (unpaired) electrons. The third-order valence-electron chi connectivity index (χ3n) is 3.76. The van der Waals surface area contributed by atoms with E-state index < -0.39 is 0 Å². The van der Waals surface area contributed by atoms with E-state index in [9.17, 15) is 4.79 Å². The number of carbonyl (C=O) groups excluding carboxylic acids is 1. The maximum absolute atomic E-state index is 12.6. The maximum atomic E-state index is 12.6. The number of hydrogen-bond donors (Lipinski definition) is 0. The van der Waals surface area contributed by atoms with Crippen LogP contribution in [0.2, 0.25) is 0 Å². The molecule has 0 fully saturated rings. The van der Waals surface area contributed by atoms with Gasteiger partial charge in [0.2, 0.25) is 0 Å². The molecule has 0 saturated heterocycles. The third-order valence-corrected chi connectivity index (χ3v) is 3.76. The topological polar surface area (TPSA) is 25.2 Å². The first-order valence-corrected chi connectivity index (χ1v) is 7.20. The van der Waals surface area contributed by atoms with E-state index in [-0.39, 0.29) is 5.91 Å². The van der Waals surface area contributed by atoms with Crippen LogP contribution in [-0.4, -0.2) is 28.5 Å². The van der Waals surface area contributed by atoms with Crippen LogP contribution in [0.25, 0.3) is 17.0 Å². The summed E-state index contributed by atoms with van der Waals surface area (Å²) in [4.78, 5) is 14.5. The van der Waals surface area contributed by atoms with Crippen LogP contribution < -0.4 is 0 Å². The number of benzene rings is 1. The average molecular weight is 270 g/mol. The fourth-order valence-corrected chi connectivity index (χ4v) is 2.55. The first kappa shape index (κ1) is 14.4. The van der Waals surface area contributed by atoms with E-state index in [2.05, 4.69) is 24.1 Å². The van der Waals surface area contributed by atoms with Crippen LogP contribution in [0.4, 0.5) is 0 Å². The van der Waals surface area contributed by atoms with Crippen LogP contribution in [-0.2, 0) is 6.54 Å². The molecule has 0 spiro atoms. The molecule has 1 aromatic heterocycles. The summed E-state index contributed by atoms with van der Waals surface area (Å²) >= 11 is 0. The van der Waals surface area contributed by atoms with Gasteiger partial charge in [0, 0.05) is 36.7 Å². The Bertz CT molecular complexity index is 636. The molecular weight excluding hydrogens is 248 g/mol. The fourth-order valence-electron chi connectivity index (χ4n) is 2.55. The van der Waals surface area contributed by atoms with Crippen molar-refractivity contribution in [3.8, 4) is 0 Å². The summed E-state index contributed by atoms with van der Waals surface area (Å²) in [5.74, 6) is 0.110. The monoisotopic (exact) mass is 270 g/mol. The molecule has 0 unspecified atom stereocenters. The van der Waals surface area contributed by atoms with Gasteiger partial charge in [0.15, 0.2) is 0 Å². The largest absolute Gasteiger partial charge is 0.347 e. The highest BCUT2D eigenvalue weighted by molar-refractivity contribution is 6.07. The predicted octanol–water partition coefficient (Wildman–Crippen LogP) is 3.79. The zero-order valence-corrected chi connectivity index (χ0v) is 12.5. The Labute approximate surface area is 120 Å². The van der Waals surface area contributed by atoms with Gasteiger partial charge in [0.1, 0.15) is 0 Å². The first-order valence-electron chi connectivity index (χ1n) is 7.20. The second-order valence-electron chi connectivity index (χ2n) is 4.79. The molecule has 106 valence electrons. The number of carbonyl (C=O) groups is 1. The van der Waals surface area contributed by atoms with E-state index in [0.29, 0.717) is 0 Å². The second kappa shape index (κ2) is 5.95. The van der Waals surface area contributed by atoms with Gasteiger partial charge in [-0.05, 0) is 32.4 Å². The standard InChI is InChI=1S/C17H22N2O/c1-5-13-9-10-14-15(17(20)18(6-2)7-3)12-19(8-4)16(14)11-13/h5,9-12H,1,6-8H2,2-4H3. The Kier molecular flexibility index (Phi) is 4.28. The third kappa shape index (κ3) is 2.36. The van der Waals surface area contributed by atoms with Crippen LogP contribution in [0.3, 0.4) is 0 Å². The van der Waals surface area contributed by atoms with Gasteiger partial charge in [0.25, 0.3) is 5.91 Å². The Balaban J connectivity index is 2.60. The maximum Gasteiger partial charge on any atom is 0.256 e. The smallest absolute Gasteiger partial charge is 0.256 e. The molecule has 0 atom stereocenters. The Morgan fingerprint density at radius 1 is 1.30 bits per heavy atom. The summed E-state index contributed by atoms with van der Waals surface area (Å²) in [6.45, 7) is 12.2. The van der Waals surface area contributed by atoms with Gasteiger partial charge >= 0.3 is 0 Å². The van der Waals surface area contributed by atoms with Gasteiger partial charge < -0.3 is 9.47 Å². The molecule has 2 aromatic rings. The van der Waals surface area contributed by atoms with Crippen LogP contribution in [0.1, 0.15) is 36.7 Å². The molecule has 0 aliphatic heterocycles. The van der Waals surface area contributed by atoms with E-state index in [4.69, 9.17) is 0 Å². The molecular formula is C17H22N2O. The highest BCUT2D eigenvalue weighted by Gasteiger charge is 2.18. The number of aryl methyl sites for hydroxylation is 1. The molecule has 3 nitrogen and oxygen atoms in total. The average Bonchev–Trinajstić information content (AvgIpc) is 2.86. The minimum atomic E-state index is 0.110. The molecule has 2 rings (SSSR count). The molecule has 0 aliphatic rings. The summed E-state index contributed by atoms with van der Waals surface area (Å²) in [7, 11) is 0. The number of nitrogens with zero attached hydrogens (tertiary/aromatic N) is 2. The van der Waals surface area contributed by atoms with Gasteiger partial charge in [-0.2, -0.15) is 0 Å². The lowest BCUT2D eigenvalue weighted by Gasteiger charge is -2.17. The molecule has 0 N–H and O–H groups in total. The lowest BCUT2D eigenvalue weighted by atomic mass is 10.1. The van der Waals surface area contributed by atoms with Crippen LogP contribution in [0.5, 0.6) is 0 Å². The summed E-state index contributed by atoms with van der Waals surface area (Å²) in [5.41, 5.74) is 2.97. The van der Waals surface area contributed by atoms with Crippen molar-refractivity contribution in [1.29, 1.82) is 0 Å². The van der Waals surface area contributed by atoms with Crippen molar-refractivity contribution in [2.75, 3.05) is 13.1 Å². The van der Waals surface area contributed by atoms with Crippen molar-refractivity contribution in [3.63, 3.8) is 0 Å². The molecule has 1 amide bonds. The Morgan fingerprint density at radius 2 is 2.00 bits per heavy atom. The predicted molar refractivity (Wildman–Crippen MR) is 85.0 cm³/mol. The van der Waals surface area contributed by atoms with Gasteiger partial charge in [-0.1, -0.05) is 24.8 Å². The molecule has 1 aromatic carbocycles. The molecule has 1 heterocycles. The van der Waals surface area contributed by atoms with Crippen molar-refractivity contribution in [2.24, 2.45) is 0 Å². The van der Waals surface area contributed by atoms with Crippen LogP contribution >= 0.6 is 0 Å². The van der Waals surface area contributed by atoms with Crippen molar-refractivity contribution >= 4 is 22.9 Å². The minimum absolute atomic E-state index is 0.110. The van der Waals surface area contributed by atoms with Crippen molar-refractivity contribution in [3.05, 3.63) is 42.1 Å². The van der Waals surface area contributed by atoms with Crippen molar-refractivity contribution in [1.82, 2.24) is 9.47 Å². The molecule has 0 saturated carbocycles. The van der Waals surface area contributed by atoms with Gasteiger partial charge in [-0.15, -0.1) is 0 Å². The lowest BCUT2D eigenvalue weighted by Crippen LogP contribution is -2.30. The zero-order valence-electron chi connectivity index (χ0n) is 12.5. The highest BCUT2D eigenvalue weighted by atomic mass is 16.2. The molecule has 0 aliphatic carbocycles. The van der Waals surface area contributed by atoms with E-state index in [1.165, 1.54) is 0 Å². The second-order valence-corrected chi connectivity index (χ2v) is 4.79. The fraction of sp³-hybridized carbons (Fsp3) is 0.353. The number of fused-ring (bicyclic) bond motifs is 1. The summed E-state index contributed by atoms with van der Waals surface area (Å²) < 4.78 is 2.12. The zero-order chi connectivity index (χ0) is 14.7. The van der Waals surface area contributed by atoms with Crippen LogP contribution in [0, 0.1) is 0 Å². The summed E-state index contributed by atoms with van der Waals surface area (Å²) in [5, 5.41) is 1.02. The van der Waals surface area contributed by atoms with E-state index >= 15 is 0 Å². The number of aromatic nitrogens is 1. The van der Waals surface area contributed by atoms with E-state index in [1.807, 2.05) is 43.2 Å². The SMILES string of the molecule is C=Cc1ccc2c(C(=O)N(CC)CC)cn(CC)c2c1. The number of rotatable bonds is 5. The van der Waals surface area contributed by atoms with Gasteiger partial charge in [-0.3, -0.25) is 4.79 Å². The summed E-state index contributed by atoms with van der Waals surface area (Å²) in [6.07, 6.45) is 3.80. The quantitative estimate of drug-likeness (QED) is 0.811. The van der Waals surface area contributed by atoms with Gasteiger partial charge in [-0.25, -0.2) is 0 Å². The van der Waals surface area contributed by atoms with Crippen molar-refractivity contribution in [2.45, 2.75) is 27.3 Å². The van der Waals surface area contributed by atoms with Crippen LogP contribution in [0.15, 0.2) is 31.0 Å². The first-order chi connectivity index (χ1) is 9.65. The van der Waals surface area contributed by atoms with Crippen molar-refractivity contribution < 1.29 is 4.79 Å². The lowest BCUT2D eigenvalue weighted by molar-refractivity contribution is 0.0774. The number of hydrogen-bond acceptors (Lipinski definition) is 1. The van der Waals surface area contributed by atoms with E-state index in [1.54, 1.807) is 0 Å². The highest BCUT2D eigenvalue weighted by Crippen LogP contribution is 2.24. The van der Waals surface area contributed by atoms with E-state index in [0.717, 1.165) is 41.7 Å². The normalized spacial score (nSPS) is 10.8.